The Morgan fingerprint density at radius 3 is 2.44 bits per heavy atom. The summed E-state index contributed by atoms with van der Waals surface area (Å²) in [4.78, 5) is 33.5. The standard InChI is InChI=1S/C11H21N3O4/c1-3-7-12-11(17)9(13-8(2)15)5-4-6-10(16)14-18/h9,18H,3-7H2,1-2H3,(H,12,17)(H,13,15)(H,14,16). The van der Waals surface area contributed by atoms with Gasteiger partial charge in [0.1, 0.15) is 6.04 Å². The van der Waals surface area contributed by atoms with Gasteiger partial charge in [0.15, 0.2) is 0 Å². The molecular weight excluding hydrogens is 238 g/mol. The van der Waals surface area contributed by atoms with Crippen molar-refractivity contribution in [2.75, 3.05) is 6.54 Å². The molecule has 0 aliphatic rings. The number of rotatable bonds is 8. The van der Waals surface area contributed by atoms with Gasteiger partial charge in [-0.1, -0.05) is 6.92 Å². The maximum atomic E-state index is 11.7. The molecule has 0 aromatic heterocycles. The van der Waals surface area contributed by atoms with E-state index in [-0.39, 0.29) is 18.2 Å². The van der Waals surface area contributed by atoms with Crippen molar-refractivity contribution in [3.05, 3.63) is 0 Å². The zero-order valence-electron chi connectivity index (χ0n) is 10.8. The topological polar surface area (TPSA) is 108 Å². The van der Waals surface area contributed by atoms with Crippen LogP contribution in [0.2, 0.25) is 0 Å². The molecule has 0 saturated carbocycles. The Morgan fingerprint density at radius 1 is 1.28 bits per heavy atom. The van der Waals surface area contributed by atoms with Gasteiger partial charge in [-0.25, -0.2) is 5.48 Å². The monoisotopic (exact) mass is 259 g/mol. The van der Waals surface area contributed by atoms with Gasteiger partial charge in [0.25, 0.3) is 0 Å². The van der Waals surface area contributed by atoms with E-state index in [9.17, 15) is 14.4 Å². The van der Waals surface area contributed by atoms with Gasteiger partial charge >= 0.3 is 0 Å². The Morgan fingerprint density at radius 2 is 1.94 bits per heavy atom. The predicted molar refractivity (Wildman–Crippen MR) is 64.7 cm³/mol. The van der Waals surface area contributed by atoms with Crippen LogP contribution in [-0.2, 0) is 14.4 Å². The van der Waals surface area contributed by atoms with Gasteiger partial charge in [-0.15, -0.1) is 0 Å². The van der Waals surface area contributed by atoms with Crippen molar-refractivity contribution < 1.29 is 19.6 Å². The molecule has 7 heteroatoms. The summed E-state index contributed by atoms with van der Waals surface area (Å²) in [6.07, 6.45) is 1.67. The summed E-state index contributed by atoms with van der Waals surface area (Å²) in [7, 11) is 0. The summed E-state index contributed by atoms with van der Waals surface area (Å²) < 4.78 is 0. The quantitative estimate of drug-likeness (QED) is 0.354. The van der Waals surface area contributed by atoms with Crippen LogP contribution in [0.15, 0.2) is 0 Å². The lowest BCUT2D eigenvalue weighted by Gasteiger charge is -2.17. The molecule has 0 radical (unpaired) electrons. The first-order valence-corrected chi connectivity index (χ1v) is 5.99. The van der Waals surface area contributed by atoms with E-state index in [1.807, 2.05) is 6.92 Å². The van der Waals surface area contributed by atoms with Crippen molar-refractivity contribution in [3.8, 4) is 0 Å². The number of hydrogen-bond donors (Lipinski definition) is 4. The zero-order chi connectivity index (χ0) is 14.0. The predicted octanol–water partition coefficient (Wildman–Crippen LogP) is -0.307. The lowest BCUT2D eigenvalue weighted by molar-refractivity contribution is -0.130. The summed E-state index contributed by atoms with van der Waals surface area (Å²) in [5, 5.41) is 13.5. The molecule has 0 spiro atoms. The smallest absolute Gasteiger partial charge is 0.243 e. The summed E-state index contributed by atoms with van der Waals surface area (Å²) in [5.41, 5.74) is 1.52. The summed E-state index contributed by atoms with van der Waals surface area (Å²) in [6.45, 7) is 3.81. The summed E-state index contributed by atoms with van der Waals surface area (Å²) in [6, 6.07) is -0.638. The minimum absolute atomic E-state index is 0.105. The number of carbonyl (C=O) groups excluding carboxylic acids is 3. The van der Waals surface area contributed by atoms with Gasteiger partial charge in [0, 0.05) is 19.9 Å². The molecule has 7 nitrogen and oxygen atoms in total. The third kappa shape index (κ3) is 7.61. The summed E-state index contributed by atoms with van der Waals surface area (Å²) in [5.74, 6) is -1.06. The van der Waals surface area contributed by atoms with Crippen LogP contribution in [0, 0.1) is 0 Å². The Labute approximate surface area is 106 Å². The molecule has 104 valence electrons. The van der Waals surface area contributed by atoms with Crippen LogP contribution in [0.5, 0.6) is 0 Å². The molecule has 0 aromatic rings. The normalized spacial score (nSPS) is 11.5. The fraction of sp³-hybridized carbons (Fsp3) is 0.727. The second-order valence-corrected chi connectivity index (χ2v) is 3.97. The van der Waals surface area contributed by atoms with E-state index in [2.05, 4.69) is 10.6 Å². The average Bonchev–Trinajstić information content (AvgIpc) is 2.33. The van der Waals surface area contributed by atoms with Gasteiger partial charge in [-0.05, 0) is 19.3 Å². The van der Waals surface area contributed by atoms with Crippen LogP contribution in [0.4, 0.5) is 0 Å². The van der Waals surface area contributed by atoms with E-state index < -0.39 is 11.9 Å². The first-order chi connectivity index (χ1) is 8.51. The first-order valence-electron chi connectivity index (χ1n) is 5.99. The van der Waals surface area contributed by atoms with E-state index in [0.29, 0.717) is 19.4 Å². The van der Waals surface area contributed by atoms with Crippen molar-refractivity contribution in [1.29, 1.82) is 0 Å². The zero-order valence-corrected chi connectivity index (χ0v) is 10.8. The molecule has 1 unspecified atom stereocenters. The molecule has 0 aromatic carbocycles. The molecule has 3 amide bonds. The molecular formula is C11H21N3O4. The van der Waals surface area contributed by atoms with Crippen LogP contribution in [0.1, 0.15) is 39.5 Å². The van der Waals surface area contributed by atoms with Crippen molar-refractivity contribution in [2.45, 2.75) is 45.6 Å². The molecule has 4 N–H and O–H groups in total. The Bertz CT molecular complexity index is 294. The van der Waals surface area contributed by atoms with Gasteiger partial charge in [0.2, 0.25) is 17.7 Å². The van der Waals surface area contributed by atoms with Crippen LogP contribution < -0.4 is 16.1 Å². The van der Waals surface area contributed by atoms with Crippen molar-refractivity contribution in [1.82, 2.24) is 16.1 Å². The Kier molecular flexibility index (Phi) is 8.55. The lowest BCUT2D eigenvalue weighted by atomic mass is 10.1. The molecule has 0 heterocycles. The highest BCUT2D eigenvalue weighted by Crippen LogP contribution is 2.02. The summed E-state index contributed by atoms with van der Waals surface area (Å²) >= 11 is 0. The molecule has 0 bridgehead atoms. The molecule has 0 fully saturated rings. The van der Waals surface area contributed by atoms with Crippen LogP contribution in [0.3, 0.4) is 0 Å². The van der Waals surface area contributed by atoms with Crippen molar-refractivity contribution in [3.63, 3.8) is 0 Å². The first kappa shape index (κ1) is 16.4. The minimum Gasteiger partial charge on any atom is -0.354 e. The van der Waals surface area contributed by atoms with E-state index in [0.717, 1.165) is 6.42 Å². The van der Waals surface area contributed by atoms with E-state index in [4.69, 9.17) is 5.21 Å². The molecule has 0 aliphatic heterocycles. The molecule has 0 rings (SSSR count). The molecule has 1 atom stereocenters. The average molecular weight is 259 g/mol. The van der Waals surface area contributed by atoms with Gasteiger partial charge in [-0.2, -0.15) is 0 Å². The SMILES string of the molecule is CCCNC(=O)C(CCCC(=O)NO)NC(C)=O. The second kappa shape index (κ2) is 9.41. The highest BCUT2D eigenvalue weighted by molar-refractivity contribution is 5.86. The van der Waals surface area contributed by atoms with Gasteiger partial charge in [0.05, 0.1) is 0 Å². The third-order valence-electron chi connectivity index (χ3n) is 2.26. The maximum absolute atomic E-state index is 11.7. The second-order valence-electron chi connectivity index (χ2n) is 3.97. The number of nitrogens with one attached hydrogen (secondary N) is 3. The number of amides is 3. The minimum atomic E-state index is -0.638. The Hall–Kier alpha value is -1.63. The van der Waals surface area contributed by atoms with E-state index >= 15 is 0 Å². The van der Waals surface area contributed by atoms with Crippen LogP contribution in [-0.4, -0.2) is 35.5 Å². The lowest BCUT2D eigenvalue weighted by Crippen LogP contribution is -2.46. The van der Waals surface area contributed by atoms with E-state index in [1.54, 1.807) is 0 Å². The highest BCUT2D eigenvalue weighted by Gasteiger charge is 2.18. The molecule has 0 aliphatic carbocycles. The fourth-order valence-electron chi connectivity index (χ4n) is 1.41. The van der Waals surface area contributed by atoms with Crippen LogP contribution >= 0.6 is 0 Å². The van der Waals surface area contributed by atoms with E-state index in [1.165, 1.54) is 12.4 Å². The highest BCUT2D eigenvalue weighted by atomic mass is 16.5. The van der Waals surface area contributed by atoms with Crippen molar-refractivity contribution >= 4 is 17.7 Å². The number of hydroxylamine groups is 1. The Balaban J connectivity index is 4.17. The van der Waals surface area contributed by atoms with Crippen LogP contribution in [0.25, 0.3) is 0 Å². The van der Waals surface area contributed by atoms with Gasteiger partial charge in [-0.3, -0.25) is 19.6 Å². The fourth-order valence-corrected chi connectivity index (χ4v) is 1.41. The number of hydrogen-bond acceptors (Lipinski definition) is 4. The largest absolute Gasteiger partial charge is 0.354 e. The van der Waals surface area contributed by atoms with Gasteiger partial charge < -0.3 is 10.6 Å². The third-order valence-corrected chi connectivity index (χ3v) is 2.26. The number of carbonyl (C=O) groups is 3. The maximum Gasteiger partial charge on any atom is 0.243 e. The molecule has 0 saturated heterocycles. The van der Waals surface area contributed by atoms with Crippen molar-refractivity contribution in [2.24, 2.45) is 0 Å². The molecule has 18 heavy (non-hydrogen) atoms.